The summed E-state index contributed by atoms with van der Waals surface area (Å²) in [5, 5.41) is 11.0. The highest BCUT2D eigenvalue weighted by molar-refractivity contribution is 8.07. The van der Waals surface area contributed by atoms with E-state index in [9.17, 15) is 9.59 Å². The lowest BCUT2D eigenvalue weighted by Gasteiger charge is -2.21. The van der Waals surface area contributed by atoms with Crippen molar-refractivity contribution >= 4 is 35.3 Å². The van der Waals surface area contributed by atoms with Gasteiger partial charge in [-0.25, -0.2) is 0 Å². The van der Waals surface area contributed by atoms with Crippen molar-refractivity contribution in [1.29, 1.82) is 5.26 Å². The average molecular weight is 384 g/mol. The number of carbonyl (C=O) groups is 2. The SMILES string of the molecule is CCOC(=O)C1SC(CC(=O)CCC2CCCCC2)C(SC#N)C1C. The minimum Gasteiger partial charge on any atom is -0.465 e. The largest absolute Gasteiger partial charge is 0.465 e. The molecule has 1 aliphatic carbocycles. The van der Waals surface area contributed by atoms with Crippen LogP contribution in [0.5, 0.6) is 0 Å². The fourth-order valence-electron chi connectivity index (χ4n) is 3.97. The number of nitriles is 1. The lowest BCUT2D eigenvalue weighted by Crippen LogP contribution is -2.28. The van der Waals surface area contributed by atoms with E-state index in [0.717, 1.165) is 6.42 Å². The third-order valence-corrected chi connectivity index (χ3v) is 8.41. The van der Waals surface area contributed by atoms with E-state index in [2.05, 4.69) is 5.40 Å². The molecule has 4 atom stereocenters. The average Bonchev–Trinajstić information content (AvgIpc) is 2.91. The molecule has 0 aromatic rings. The highest BCUT2D eigenvalue weighted by atomic mass is 32.2. The molecule has 0 aromatic heterocycles. The summed E-state index contributed by atoms with van der Waals surface area (Å²) in [4.78, 5) is 24.6. The summed E-state index contributed by atoms with van der Waals surface area (Å²) in [5.41, 5.74) is 0. The van der Waals surface area contributed by atoms with Crippen LogP contribution in [0.15, 0.2) is 0 Å². The minimum atomic E-state index is -0.262. The van der Waals surface area contributed by atoms with Gasteiger partial charge in [0.2, 0.25) is 0 Å². The second-order valence-electron chi connectivity index (χ2n) is 7.17. The summed E-state index contributed by atoms with van der Waals surface area (Å²) >= 11 is 2.74. The summed E-state index contributed by atoms with van der Waals surface area (Å²) in [6.07, 6.45) is 8.59. The second kappa shape index (κ2) is 10.5. The summed E-state index contributed by atoms with van der Waals surface area (Å²) < 4.78 is 5.17. The predicted molar refractivity (Wildman–Crippen MR) is 103 cm³/mol. The number of thioether (sulfide) groups is 2. The van der Waals surface area contributed by atoms with Gasteiger partial charge in [-0.05, 0) is 36.9 Å². The van der Waals surface area contributed by atoms with Gasteiger partial charge in [-0.3, -0.25) is 9.59 Å². The van der Waals surface area contributed by atoms with Gasteiger partial charge in [-0.15, -0.1) is 11.8 Å². The number of ether oxygens (including phenoxy) is 1. The van der Waals surface area contributed by atoms with Gasteiger partial charge >= 0.3 is 5.97 Å². The highest BCUT2D eigenvalue weighted by Crippen LogP contribution is 2.46. The maximum Gasteiger partial charge on any atom is 0.319 e. The van der Waals surface area contributed by atoms with E-state index in [1.807, 2.05) is 6.92 Å². The summed E-state index contributed by atoms with van der Waals surface area (Å²) in [7, 11) is 0. The van der Waals surface area contributed by atoms with Crippen molar-refractivity contribution in [2.24, 2.45) is 11.8 Å². The summed E-state index contributed by atoms with van der Waals surface area (Å²) in [6.45, 7) is 4.16. The molecule has 1 heterocycles. The Kier molecular flexibility index (Phi) is 8.65. The molecular weight excluding hydrogens is 354 g/mol. The molecule has 4 nitrogen and oxygen atoms in total. The number of carbonyl (C=O) groups excluding carboxylic acids is 2. The molecule has 0 spiro atoms. The van der Waals surface area contributed by atoms with Crippen molar-refractivity contribution in [2.45, 2.75) is 81.0 Å². The molecule has 2 aliphatic rings. The number of rotatable bonds is 8. The van der Waals surface area contributed by atoms with Crippen LogP contribution in [0.4, 0.5) is 0 Å². The molecule has 2 fully saturated rings. The minimum absolute atomic E-state index is 0.0167. The Morgan fingerprint density at radius 2 is 2.00 bits per heavy atom. The molecule has 0 radical (unpaired) electrons. The lowest BCUT2D eigenvalue weighted by atomic mass is 9.85. The van der Waals surface area contributed by atoms with Crippen molar-refractivity contribution in [3.63, 3.8) is 0 Å². The Labute approximate surface area is 159 Å². The van der Waals surface area contributed by atoms with Gasteiger partial charge in [0.1, 0.15) is 16.4 Å². The van der Waals surface area contributed by atoms with Crippen LogP contribution >= 0.6 is 23.5 Å². The maximum atomic E-state index is 12.5. The Morgan fingerprint density at radius 3 is 2.64 bits per heavy atom. The van der Waals surface area contributed by atoms with E-state index in [4.69, 9.17) is 10.00 Å². The fraction of sp³-hybridized carbons (Fsp3) is 0.842. The molecule has 4 unspecified atom stereocenters. The Morgan fingerprint density at radius 1 is 1.28 bits per heavy atom. The zero-order chi connectivity index (χ0) is 18.2. The number of nitrogens with zero attached hydrogens (tertiary/aromatic N) is 1. The van der Waals surface area contributed by atoms with Gasteiger partial charge < -0.3 is 4.74 Å². The summed E-state index contributed by atoms with van der Waals surface area (Å²) in [6, 6.07) is 0. The molecule has 0 amide bonds. The quantitative estimate of drug-likeness (QED) is 0.452. The van der Waals surface area contributed by atoms with E-state index in [-0.39, 0.29) is 33.4 Å². The van der Waals surface area contributed by atoms with Crippen molar-refractivity contribution in [1.82, 2.24) is 0 Å². The Balaban J connectivity index is 1.88. The van der Waals surface area contributed by atoms with Crippen LogP contribution in [-0.4, -0.2) is 34.1 Å². The van der Waals surface area contributed by atoms with Crippen LogP contribution in [0, 0.1) is 22.5 Å². The van der Waals surface area contributed by atoms with E-state index in [1.165, 1.54) is 55.6 Å². The van der Waals surface area contributed by atoms with E-state index in [1.54, 1.807) is 6.92 Å². The number of esters is 1. The molecule has 1 aliphatic heterocycles. The number of Topliss-reactive ketones (excluding diaryl/α,β-unsaturated/α-hetero) is 1. The number of ketones is 1. The van der Waals surface area contributed by atoms with Gasteiger partial charge in [-0.2, -0.15) is 5.26 Å². The first kappa shape index (κ1) is 20.6. The van der Waals surface area contributed by atoms with Gasteiger partial charge in [-0.1, -0.05) is 39.0 Å². The zero-order valence-electron chi connectivity index (χ0n) is 15.2. The van der Waals surface area contributed by atoms with Gasteiger partial charge in [0.25, 0.3) is 0 Å². The third kappa shape index (κ3) is 5.92. The number of hydrogen-bond acceptors (Lipinski definition) is 6. The van der Waals surface area contributed by atoms with Crippen LogP contribution in [-0.2, 0) is 14.3 Å². The van der Waals surface area contributed by atoms with Crippen LogP contribution in [0.2, 0.25) is 0 Å². The molecule has 0 N–H and O–H groups in total. The van der Waals surface area contributed by atoms with Gasteiger partial charge in [0.05, 0.1) is 6.61 Å². The fourth-order valence-corrected chi connectivity index (χ4v) is 6.83. The highest BCUT2D eigenvalue weighted by Gasteiger charge is 2.46. The molecule has 1 saturated carbocycles. The molecular formula is C19H29NO3S2. The molecule has 0 bridgehead atoms. The van der Waals surface area contributed by atoms with E-state index >= 15 is 0 Å². The topological polar surface area (TPSA) is 67.2 Å². The second-order valence-corrected chi connectivity index (χ2v) is 9.51. The van der Waals surface area contributed by atoms with E-state index in [0.29, 0.717) is 25.4 Å². The predicted octanol–water partition coefficient (Wildman–Crippen LogP) is 4.57. The van der Waals surface area contributed by atoms with Crippen molar-refractivity contribution < 1.29 is 14.3 Å². The van der Waals surface area contributed by atoms with Crippen molar-refractivity contribution in [2.75, 3.05) is 6.61 Å². The van der Waals surface area contributed by atoms with Crippen molar-refractivity contribution in [3.8, 4) is 5.40 Å². The van der Waals surface area contributed by atoms with Gasteiger partial charge in [0.15, 0.2) is 0 Å². The molecule has 1 saturated heterocycles. The van der Waals surface area contributed by atoms with Crippen molar-refractivity contribution in [3.05, 3.63) is 0 Å². The first-order valence-corrected chi connectivity index (χ1v) is 11.3. The first-order chi connectivity index (χ1) is 12.1. The first-order valence-electron chi connectivity index (χ1n) is 9.45. The zero-order valence-corrected chi connectivity index (χ0v) is 16.9. The standard InChI is InChI=1S/C19H29NO3S2/c1-3-23-19(22)18-13(2)17(24-12-20)16(25-18)11-15(21)10-9-14-7-5-4-6-8-14/h13-14,16-18H,3-11H2,1-2H3. The lowest BCUT2D eigenvalue weighted by molar-refractivity contribution is -0.143. The molecule has 2 rings (SSSR count). The van der Waals surface area contributed by atoms with Gasteiger partial charge in [0, 0.05) is 23.3 Å². The smallest absolute Gasteiger partial charge is 0.319 e. The molecule has 6 heteroatoms. The molecule has 140 valence electrons. The summed E-state index contributed by atoms with van der Waals surface area (Å²) in [5.74, 6) is 0.832. The molecule has 0 aromatic carbocycles. The number of thiocyanates is 1. The normalized spacial score (nSPS) is 30.0. The monoisotopic (exact) mass is 383 g/mol. The van der Waals surface area contributed by atoms with Crippen LogP contribution in [0.1, 0.15) is 65.2 Å². The third-order valence-electron chi connectivity index (χ3n) is 5.38. The van der Waals surface area contributed by atoms with Crippen LogP contribution in [0.3, 0.4) is 0 Å². The van der Waals surface area contributed by atoms with Crippen LogP contribution < -0.4 is 0 Å². The Bertz CT molecular complexity index is 499. The Hall–Kier alpha value is -0.670. The van der Waals surface area contributed by atoms with Crippen LogP contribution in [0.25, 0.3) is 0 Å². The van der Waals surface area contributed by atoms with E-state index < -0.39 is 0 Å². The maximum absolute atomic E-state index is 12.5. The molecule has 25 heavy (non-hydrogen) atoms. The number of hydrogen-bond donors (Lipinski definition) is 0.